The Morgan fingerprint density at radius 1 is 1.41 bits per heavy atom. The fraction of sp³-hybridized carbons (Fsp3) is 0.571. The molecule has 0 spiro atoms. The van der Waals surface area contributed by atoms with Gasteiger partial charge < -0.3 is 9.47 Å². The zero-order valence-corrected chi connectivity index (χ0v) is 13.3. The van der Waals surface area contributed by atoms with Crippen molar-refractivity contribution in [3.63, 3.8) is 0 Å². The van der Waals surface area contributed by atoms with Crippen LogP contribution in [0.25, 0.3) is 0 Å². The molecule has 1 aromatic rings. The monoisotopic (exact) mass is 332 g/mol. The first-order valence-corrected chi connectivity index (χ1v) is 8.61. The zero-order valence-electron chi connectivity index (χ0n) is 12.5. The Bertz CT molecular complexity index is 582. The number of ether oxygens (including phenoxy) is 2. The van der Waals surface area contributed by atoms with Crippen LogP contribution in [0.1, 0.15) is 12.8 Å². The van der Waals surface area contributed by atoms with Crippen LogP contribution in [-0.2, 0) is 14.9 Å². The Balaban J connectivity index is 1.81. The molecule has 1 heterocycles. The number of halogens is 1. The van der Waals surface area contributed by atoms with Crippen LogP contribution in [0.15, 0.2) is 24.3 Å². The largest absolute Gasteiger partial charge is 0.489 e. The number of para-hydroxylation sites is 1. The van der Waals surface area contributed by atoms with Crippen LogP contribution in [0.3, 0.4) is 0 Å². The molecule has 1 aliphatic heterocycles. The van der Waals surface area contributed by atoms with Crippen molar-refractivity contribution in [2.45, 2.75) is 18.9 Å². The third-order valence-electron chi connectivity index (χ3n) is 3.47. The molecular weight excluding hydrogens is 311 g/mol. The minimum atomic E-state index is -3.57. The molecule has 0 aliphatic carbocycles. The van der Waals surface area contributed by atoms with Crippen LogP contribution in [0.5, 0.6) is 5.75 Å². The molecule has 124 valence electrons. The second-order valence-electron chi connectivity index (χ2n) is 5.04. The van der Waals surface area contributed by atoms with Gasteiger partial charge in [0.05, 0.1) is 6.61 Å². The van der Waals surface area contributed by atoms with Gasteiger partial charge in [-0.15, -0.1) is 0 Å². The predicted octanol–water partition coefficient (Wildman–Crippen LogP) is 1.15. The van der Waals surface area contributed by atoms with Gasteiger partial charge in [0.25, 0.3) is 10.2 Å². The summed E-state index contributed by atoms with van der Waals surface area (Å²) in [5.74, 6) is -0.356. The standard InChI is InChI=1S/C14H21FN2O4S/c1-20-11-12-5-4-9-17(12)22(18,19)16-8-10-21-14-7-3-2-6-13(14)15/h2-3,6-7,12,16H,4-5,8-11H2,1H3. The lowest BCUT2D eigenvalue weighted by Crippen LogP contribution is -2.45. The van der Waals surface area contributed by atoms with E-state index in [0.29, 0.717) is 13.2 Å². The average molecular weight is 332 g/mol. The number of nitrogens with zero attached hydrogens (tertiary/aromatic N) is 1. The molecule has 0 aromatic heterocycles. The summed E-state index contributed by atoms with van der Waals surface area (Å²) in [4.78, 5) is 0. The Kier molecular flexibility index (Phi) is 6.13. The number of hydrogen-bond acceptors (Lipinski definition) is 4. The van der Waals surface area contributed by atoms with Crippen LogP contribution in [-0.4, -0.2) is 52.2 Å². The summed E-state index contributed by atoms with van der Waals surface area (Å²) in [5.41, 5.74) is 0. The Morgan fingerprint density at radius 2 is 2.18 bits per heavy atom. The van der Waals surface area contributed by atoms with Gasteiger partial charge in [-0.2, -0.15) is 17.4 Å². The van der Waals surface area contributed by atoms with Crippen LogP contribution >= 0.6 is 0 Å². The summed E-state index contributed by atoms with van der Waals surface area (Å²) in [6.07, 6.45) is 1.61. The molecule has 2 rings (SSSR count). The molecule has 1 atom stereocenters. The second kappa shape index (κ2) is 7.87. The molecule has 8 heteroatoms. The van der Waals surface area contributed by atoms with Crippen LogP contribution in [0, 0.1) is 5.82 Å². The molecule has 0 radical (unpaired) electrons. The quantitative estimate of drug-likeness (QED) is 0.725. The van der Waals surface area contributed by atoms with E-state index >= 15 is 0 Å². The van der Waals surface area contributed by atoms with E-state index in [0.717, 1.165) is 12.8 Å². The first-order valence-electron chi connectivity index (χ1n) is 7.17. The highest BCUT2D eigenvalue weighted by Gasteiger charge is 2.33. The third-order valence-corrected chi connectivity index (χ3v) is 5.14. The van der Waals surface area contributed by atoms with Gasteiger partial charge in [0.1, 0.15) is 6.61 Å². The van der Waals surface area contributed by atoms with E-state index in [4.69, 9.17) is 9.47 Å². The minimum Gasteiger partial charge on any atom is -0.489 e. The van der Waals surface area contributed by atoms with E-state index in [1.165, 1.54) is 16.4 Å². The predicted molar refractivity (Wildman–Crippen MR) is 80.4 cm³/mol. The number of benzene rings is 1. The molecule has 1 unspecified atom stereocenters. The van der Waals surface area contributed by atoms with E-state index < -0.39 is 16.0 Å². The molecule has 0 saturated carbocycles. The van der Waals surface area contributed by atoms with Gasteiger partial charge in [-0.05, 0) is 25.0 Å². The molecular formula is C14H21FN2O4S. The average Bonchev–Trinajstić information content (AvgIpc) is 2.95. The van der Waals surface area contributed by atoms with Crippen molar-refractivity contribution in [1.29, 1.82) is 0 Å². The van der Waals surface area contributed by atoms with Crippen molar-refractivity contribution >= 4 is 10.2 Å². The first kappa shape index (κ1) is 17.1. The molecule has 1 saturated heterocycles. The van der Waals surface area contributed by atoms with Gasteiger partial charge in [-0.3, -0.25) is 0 Å². The van der Waals surface area contributed by atoms with Crippen LogP contribution in [0.4, 0.5) is 4.39 Å². The lowest BCUT2D eigenvalue weighted by Gasteiger charge is -2.23. The van der Waals surface area contributed by atoms with Gasteiger partial charge in [0, 0.05) is 26.2 Å². The molecule has 0 amide bonds. The molecule has 1 aliphatic rings. The SMILES string of the molecule is COCC1CCCN1S(=O)(=O)NCCOc1ccccc1F. The Morgan fingerprint density at radius 3 is 2.91 bits per heavy atom. The highest BCUT2D eigenvalue weighted by molar-refractivity contribution is 7.87. The highest BCUT2D eigenvalue weighted by atomic mass is 32.2. The topological polar surface area (TPSA) is 67.9 Å². The van der Waals surface area contributed by atoms with Crippen molar-refractivity contribution in [2.24, 2.45) is 0 Å². The lowest BCUT2D eigenvalue weighted by atomic mass is 10.2. The molecule has 1 N–H and O–H groups in total. The van der Waals surface area contributed by atoms with Gasteiger partial charge in [0.15, 0.2) is 11.6 Å². The minimum absolute atomic E-state index is 0.0585. The highest BCUT2D eigenvalue weighted by Crippen LogP contribution is 2.20. The maximum atomic E-state index is 13.3. The van der Waals surface area contributed by atoms with E-state index in [1.807, 2.05) is 0 Å². The second-order valence-corrected chi connectivity index (χ2v) is 6.75. The lowest BCUT2D eigenvalue weighted by molar-refractivity contribution is 0.148. The third kappa shape index (κ3) is 4.39. The summed E-state index contributed by atoms with van der Waals surface area (Å²) in [6, 6.07) is 5.88. The van der Waals surface area contributed by atoms with Crippen LogP contribution < -0.4 is 9.46 Å². The Labute approximate surface area is 130 Å². The number of methoxy groups -OCH3 is 1. The van der Waals surface area contributed by atoms with Crippen LogP contribution in [0.2, 0.25) is 0 Å². The van der Waals surface area contributed by atoms with Gasteiger partial charge >= 0.3 is 0 Å². The number of hydrogen-bond donors (Lipinski definition) is 1. The Hall–Kier alpha value is -1.22. The first-order chi connectivity index (χ1) is 10.5. The number of nitrogens with one attached hydrogen (secondary N) is 1. The molecule has 6 nitrogen and oxygen atoms in total. The maximum absolute atomic E-state index is 13.3. The number of rotatable bonds is 8. The molecule has 1 fully saturated rings. The van der Waals surface area contributed by atoms with Crippen molar-refractivity contribution < 1.29 is 22.3 Å². The van der Waals surface area contributed by atoms with Crippen molar-refractivity contribution in [1.82, 2.24) is 9.03 Å². The summed E-state index contributed by atoms with van der Waals surface area (Å²) in [5, 5.41) is 0. The van der Waals surface area contributed by atoms with E-state index in [9.17, 15) is 12.8 Å². The summed E-state index contributed by atoms with van der Waals surface area (Å²) in [6.45, 7) is 1.000. The fourth-order valence-electron chi connectivity index (χ4n) is 2.46. The van der Waals surface area contributed by atoms with E-state index in [2.05, 4.69) is 4.72 Å². The zero-order chi connectivity index (χ0) is 16.0. The van der Waals surface area contributed by atoms with Gasteiger partial charge in [0.2, 0.25) is 0 Å². The summed E-state index contributed by atoms with van der Waals surface area (Å²) < 4.78 is 52.0. The maximum Gasteiger partial charge on any atom is 0.279 e. The van der Waals surface area contributed by atoms with Gasteiger partial charge in [-0.1, -0.05) is 12.1 Å². The molecule has 0 bridgehead atoms. The summed E-state index contributed by atoms with van der Waals surface area (Å²) >= 11 is 0. The summed E-state index contributed by atoms with van der Waals surface area (Å²) in [7, 11) is -2.01. The van der Waals surface area contributed by atoms with Crippen molar-refractivity contribution in [3.05, 3.63) is 30.1 Å². The molecule has 22 heavy (non-hydrogen) atoms. The smallest absolute Gasteiger partial charge is 0.279 e. The molecule has 1 aromatic carbocycles. The van der Waals surface area contributed by atoms with Gasteiger partial charge in [-0.25, -0.2) is 4.39 Å². The van der Waals surface area contributed by atoms with Crippen molar-refractivity contribution in [2.75, 3.05) is 33.4 Å². The van der Waals surface area contributed by atoms with Crippen molar-refractivity contribution in [3.8, 4) is 5.75 Å². The fourth-order valence-corrected chi connectivity index (χ4v) is 3.90. The van der Waals surface area contributed by atoms with E-state index in [-0.39, 0.29) is 24.9 Å². The van der Waals surface area contributed by atoms with E-state index in [1.54, 1.807) is 19.2 Å². The normalized spacial score (nSPS) is 19.5.